The van der Waals surface area contributed by atoms with E-state index in [9.17, 15) is 4.79 Å². The molecule has 4 rings (SSSR count). The molecule has 1 aromatic rings. The van der Waals surface area contributed by atoms with E-state index in [0.29, 0.717) is 22.7 Å². The van der Waals surface area contributed by atoms with Crippen LogP contribution in [0.15, 0.2) is 24.3 Å². The number of hydrogen-bond acceptors (Lipinski definition) is 3. The molecule has 0 spiro atoms. The Bertz CT molecular complexity index is 603. The van der Waals surface area contributed by atoms with Gasteiger partial charge in [-0.05, 0) is 49.8 Å². The average Bonchev–Trinajstić information content (AvgIpc) is 3.18. The quantitative estimate of drug-likeness (QED) is 0.841. The number of likely N-dealkylation sites (tertiary alicyclic amines) is 2. The van der Waals surface area contributed by atoms with Crippen LogP contribution in [0.2, 0.25) is 5.02 Å². The lowest BCUT2D eigenvalue weighted by Crippen LogP contribution is -2.41. The maximum atomic E-state index is 12.9. The number of ether oxygens (including phenoxy) is 1. The van der Waals surface area contributed by atoms with Gasteiger partial charge in [-0.15, -0.1) is 0 Å². The lowest BCUT2D eigenvalue weighted by atomic mass is 9.99. The van der Waals surface area contributed by atoms with Crippen molar-refractivity contribution in [3.05, 3.63) is 34.9 Å². The number of hydrogen-bond donors (Lipinski definition) is 0. The molecule has 1 aromatic carbocycles. The van der Waals surface area contributed by atoms with E-state index < -0.39 is 0 Å². The Morgan fingerprint density at radius 3 is 2.71 bits per heavy atom. The van der Waals surface area contributed by atoms with Crippen LogP contribution in [0.4, 0.5) is 0 Å². The molecule has 0 saturated carbocycles. The van der Waals surface area contributed by atoms with Gasteiger partial charge in [-0.3, -0.25) is 9.69 Å². The zero-order valence-electron chi connectivity index (χ0n) is 14.0. The van der Waals surface area contributed by atoms with E-state index in [0.717, 1.165) is 45.1 Å². The highest BCUT2D eigenvalue weighted by Gasteiger charge is 2.44. The summed E-state index contributed by atoms with van der Waals surface area (Å²) in [4.78, 5) is 17.6. The van der Waals surface area contributed by atoms with Crippen LogP contribution >= 0.6 is 11.6 Å². The van der Waals surface area contributed by atoms with E-state index in [1.165, 1.54) is 19.4 Å². The van der Waals surface area contributed by atoms with Gasteiger partial charge < -0.3 is 9.64 Å². The van der Waals surface area contributed by atoms with Crippen molar-refractivity contribution in [2.75, 3.05) is 32.8 Å². The van der Waals surface area contributed by atoms with E-state index in [4.69, 9.17) is 16.3 Å². The monoisotopic (exact) mass is 348 g/mol. The Morgan fingerprint density at radius 2 is 1.92 bits per heavy atom. The highest BCUT2D eigenvalue weighted by Crippen LogP contribution is 2.34. The first-order valence-corrected chi connectivity index (χ1v) is 9.48. The number of carbonyl (C=O) groups excluding carboxylic acids is 1. The summed E-state index contributed by atoms with van der Waals surface area (Å²) in [6.45, 7) is 4.97. The molecule has 0 aliphatic carbocycles. The number of carbonyl (C=O) groups is 1. The van der Waals surface area contributed by atoms with E-state index >= 15 is 0 Å². The highest BCUT2D eigenvalue weighted by atomic mass is 35.5. The fourth-order valence-electron chi connectivity index (χ4n) is 4.60. The molecule has 0 N–H and O–H groups in total. The molecular weight excluding hydrogens is 324 g/mol. The first kappa shape index (κ1) is 16.4. The maximum Gasteiger partial charge on any atom is 0.254 e. The molecule has 4 nitrogen and oxygen atoms in total. The Morgan fingerprint density at radius 1 is 1.12 bits per heavy atom. The molecule has 2 atom stereocenters. The third-order valence-corrected chi connectivity index (χ3v) is 6.09. The SMILES string of the molecule is O=C(c1cccc(Cl)c1)N1CC[C@@H]2[C@@H]1CCN2CC1CCOCC1. The van der Waals surface area contributed by atoms with Crippen LogP contribution in [0, 0.1) is 5.92 Å². The van der Waals surface area contributed by atoms with Gasteiger partial charge in [0.05, 0.1) is 0 Å². The molecule has 24 heavy (non-hydrogen) atoms. The van der Waals surface area contributed by atoms with Gasteiger partial charge in [0.15, 0.2) is 0 Å². The summed E-state index contributed by atoms with van der Waals surface area (Å²) in [5, 5.41) is 0.629. The fraction of sp³-hybridized carbons (Fsp3) is 0.632. The van der Waals surface area contributed by atoms with Crippen molar-refractivity contribution in [3.63, 3.8) is 0 Å². The molecule has 130 valence electrons. The third-order valence-electron chi connectivity index (χ3n) is 5.86. The molecule has 5 heteroatoms. The number of rotatable bonds is 3. The Hall–Kier alpha value is -1.10. The fourth-order valence-corrected chi connectivity index (χ4v) is 4.79. The van der Waals surface area contributed by atoms with Gasteiger partial charge in [-0.25, -0.2) is 0 Å². The Balaban J connectivity index is 1.41. The number of halogens is 1. The Labute approximate surface area is 148 Å². The predicted molar refractivity (Wildman–Crippen MR) is 94.4 cm³/mol. The molecule has 0 unspecified atom stereocenters. The molecule has 1 amide bonds. The van der Waals surface area contributed by atoms with E-state index in [-0.39, 0.29) is 5.91 Å². The van der Waals surface area contributed by atoms with E-state index in [1.54, 1.807) is 6.07 Å². The van der Waals surface area contributed by atoms with Crippen molar-refractivity contribution in [1.29, 1.82) is 0 Å². The molecular formula is C19H25ClN2O2. The van der Waals surface area contributed by atoms with Crippen LogP contribution in [-0.2, 0) is 4.74 Å². The second-order valence-corrected chi connectivity index (χ2v) is 7.71. The van der Waals surface area contributed by atoms with Gasteiger partial charge in [0.25, 0.3) is 5.91 Å². The van der Waals surface area contributed by atoms with Crippen molar-refractivity contribution >= 4 is 17.5 Å². The minimum absolute atomic E-state index is 0.137. The minimum atomic E-state index is 0.137. The van der Waals surface area contributed by atoms with Gasteiger partial charge >= 0.3 is 0 Å². The lowest BCUT2D eigenvalue weighted by molar-refractivity contribution is 0.0502. The topological polar surface area (TPSA) is 32.8 Å². The normalized spacial score (nSPS) is 28.3. The van der Waals surface area contributed by atoms with Crippen molar-refractivity contribution in [1.82, 2.24) is 9.80 Å². The van der Waals surface area contributed by atoms with Crippen molar-refractivity contribution in [2.45, 2.75) is 37.8 Å². The molecule has 3 aliphatic rings. The molecule has 0 aromatic heterocycles. The number of amides is 1. The van der Waals surface area contributed by atoms with Gasteiger partial charge in [0, 0.05) is 55.5 Å². The lowest BCUT2D eigenvalue weighted by Gasteiger charge is -2.30. The number of fused-ring (bicyclic) bond motifs is 1. The standard InChI is InChI=1S/C19H25ClN2O2/c20-16-3-1-2-15(12-16)19(23)22-9-5-17-18(22)4-8-21(17)13-14-6-10-24-11-7-14/h1-3,12,14,17-18H,4-11,13H2/t17-,18+/m1/s1. The summed E-state index contributed by atoms with van der Waals surface area (Å²) in [6, 6.07) is 8.24. The average molecular weight is 349 g/mol. The van der Waals surface area contributed by atoms with Crippen LogP contribution in [0.3, 0.4) is 0 Å². The summed E-state index contributed by atoms with van der Waals surface area (Å²) < 4.78 is 5.48. The predicted octanol–water partition coefficient (Wildman–Crippen LogP) is 3.06. The summed E-state index contributed by atoms with van der Waals surface area (Å²) in [5.74, 6) is 0.896. The summed E-state index contributed by atoms with van der Waals surface area (Å²) >= 11 is 6.05. The van der Waals surface area contributed by atoms with Gasteiger partial charge in [0.1, 0.15) is 0 Å². The van der Waals surface area contributed by atoms with E-state index in [2.05, 4.69) is 9.80 Å². The smallest absolute Gasteiger partial charge is 0.254 e. The first-order chi connectivity index (χ1) is 11.7. The van der Waals surface area contributed by atoms with Crippen LogP contribution in [-0.4, -0.2) is 60.6 Å². The zero-order valence-corrected chi connectivity index (χ0v) is 14.8. The maximum absolute atomic E-state index is 12.9. The third kappa shape index (κ3) is 3.19. The zero-order chi connectivity index (χ0) is 16.5. The summed E-state index contributed by atoms with van der Waals surface area (Å²) in [6.07, 6.45) is 4.55. The number of benzene rings is 1. The second-order valence-electron chi connectivity index (χ2n) is 7.27. The van der Waals surface area contributed by atoms with Crippen LogP contribution in [0.1, 0.15) is 36.0 Å². The molecule has 0 radical (unpaired) electrons. The molecule has 3 heterocycles. The van der Waals surface area contributed by atoms with Crippen molar-refractivity contribution < 1.29 is 9.53 Å². The van der Waals surface area contributed by atoms with Crippen molar-refractivity contribution in [2.24, 2.45) is 5.92 Å². The largest absolute Gasteiger partial charge is 0.381 e. The molecule has 3 fully saturated rings. The van der Waals surface area contributed by atoms with Crippen molar-refractivity contribution in [3.8, 4) is 0 Å². The second kappa shape index (κ2) is 7.03. The highest BCUT2D eigenvalue weighted by molar-refractivity contribution is 6.30. The van der Waals surface area contributed by atoms with Gasteiger partial charge in [-0.2, -0.15) is 0 Å². The van der Waals surface area contributed by atoms with Gasteiger partial charge in [-0.1, -0.05) is 17.7 Å². The van der Waals surface area contributed by atoms with Gasteiger partial charge in [0.2, 0.25) is 0 Å². The van der Waals surface area contributed by atoms with E-state index in [1.807, 2.05) is 18.2 Å². The van der Waals surface area contributed by atoms with Crippen LogP contribution in [0.5, 0.6) is 0 Å². The minimum Gasteiger partial charge on any atom is -0.381 e. The van der Waals surface area contributed by atoms with Crippen LogP contribution in [0.25, 0.3) is 0 Å². The summed E-state index contributed by atoms with van der Waals surface area (Å²) in [7, 11) is 0. The summed E-state index contributed by atoms with van der Waals surface area (Å²) in [5.41, 5.74) is 0.714. The first-order valence-electron chi connectivity index (χ1n) is 9.11. The number of nitrogens with zero attached hydrogens (tertiary/aromatic N) is 2. The van der Waals surface area contributed by atoms with Crippen LogP contribution < -0.4 is 0 Å². The molecule has 0 bridgehead atoms. The Kier molecular flexibility index (Phi) is 4.79. The molecule has 3 saturated heterocycles. The molecule has 3 aliphatic heterocycles.